The summed E-state index contributed by atoms with van der Waals surface area (Å²) in [4.78, 5) is 82.8. The molecule has 1 aliphatic carbocycles. The SMILES string of the molecule is CO[C@H]1C[C@H](C)CC2=C(NC(=O)Cc3ccc(O)cc3)C(=O)C=C(NC(=O)/C(C)=C/C=C\[C@H](OC)[C@@H](NOC=O)/C(C)=C/[C@H](C)C1=O)C2=O. The molecular formula is C36H43N3O10. The number of hydrogen-bond acceptors (Lipinski definition) is 11. The number of benzene rings is 1. The van der Waals surface area contributed by atoms with Gasteiger partial charge >= 0.3 is 6.47 Å². The molecule has 3 rings (SSSR count). The second kappa shape index (κ2) is 18.0. The molecule has 2 bridgehead atoms. The monoisotopic (exact) mass is 677 g/mol. The standard InChI is InChI=1S/C36H43N3O10/c1-20-14-26-33(38-31(43)17-24-10-12-25(41)13-11-24)28(42)18-27(35(26)45)37-36(46)21(2)8-7-9-29(47-5)32(39-49-19-40)22(3)16-23(4)34(44)30(15-20)48-6/h7-13,16,18-20,23,29-30,32,39,41H,14-15,17H2,1-6H3,(H,37,46)(H,38,43)/b9-7-,21-8+,22-16+/t20-,23+,29+,30+,32+/m1/s1. The maximum Gasteiger partial charge on any atom is 0.312 e. The number of allylic oxidation sites excluding steroid dienone is 5. The fourth-order valence-electron chi connectivity index (χ4n) is 5.55. The summed E-state index contributed by atoms with van der Waals surface area (Å²) in [6.45, 7) is 6.97. The smallest absolute Gasteiger partial charge is 0.312 e. The van der Waals surface area contributed by atoms with Crippen LogP contribution in [0.4, 0.5) is 0 Å². The van der Waals surface area contributed by atoms with Crippen LogP contribution in [0.3, 0.4) is 0 Å². The van der Waals surface area contributed by atoms with Crippen molar-refractivity contribution in [3.05, 3.63) is 88.3 Å². The van der Waals surface area contributed by atoms with Gasteiger partial charge in [-0.15, -0.1) is 5.48 Å². The number of aromatic hydroxyl groups is 1. The minimum absolute atomic E-state index is 0.0214. The van der Waals surface area contributed by atoms with Crippen LogP contribution in [0.5, 0.6) is 5.75 Å². The topological polar surface area (TPSA) is 186 Å². The van der Waals surface area contributed by atoms with Crippen molar-refractivity contribution in [3.63, 3.8) is 0 Å². The summed E-state index contributed by atoms with van der Waals surface area (Å²) in [7, 11) is 2.85. The molecule has 0 aromatic heterocycles. The third-order valence-electron chi connectivity index (χ3n) is 8.23. The van der Waals surface area contributed by atoms with Gasteiger partial charge in [-0.3, -0.25) is 28.8 Å². The van der Waals surface area contributed by atoms with Crippen LogP contribution in [0.2, 0.25) is 0 Å². The molecule has 0 radical (unpaired) electrons. The summed E-state index contributed by atoms with van der Waals surface area (Å²) in [6, 6.07) is 5.28. The van der Waals surface area contributed by atoms with Crippen molar-refractivity contribution in [1.82, 2.24) is 16.1 Å². The van der Waals surface area contributed by atoms with E-state index >= 15 is 0 Å². The number of phenolic OH excluding ortho intramolecular Hbond substituents is 1. The largest absolute Gasteiger partial charge is 0.508 e. The normalized spacial score (nSPS) is 27.2. The van der Waals surface area contributed by atoms with Gasteiger partial charge in [-0.05, 0) is 50.3 Å². The van der Waals surface area contributed by atoms with Gasteiger partial charge in [-0.2, -0.15) is 0 Å². The molecule has 0 spiro atoms. The Morgan fingerprint density at radius 3 is 2.39 bits per heavy atom. The van der Waals surface area contributed by atoms with Crippen LogP contribution < -0.4 is 16.1 Å². The number of phenols is 1. The maximum absolute atomic E-state index is 13.8. The third-order valence-corrected chi connectivity index (χ3v) is 8.23. The molecule has 5 atom stereocenters. The van der Waals surface area contributed by atoms with Gasteiger partial charge in [0.25, 0.3) is 5.91 Å². The fourth-order valence-corrected chi connectivity index (χ4v) is 5.55. The van der Waals surface area contributed by atoms with E-state index in [0.29, 0.717) is 11.1 Å². The summed E-state index contributed by atoms with van der Waals surface area (Å²) in [6.07, 6.45) is 5.73. The molecule has 262 valence electrons. The molecular weight excluding hydrogens is 634 g/mol. The number of fused-ring (bicyclic) bond motifs is 2. The lowest BCUT2D eigenvalue weighted by Crippen LogP contribution is -2.41. The minimum Gasteiger partial charge on any atom is -0.508 e. The first-order valence-corrected chi connectivity index (χ1v) is 15.7. The van der Waals surface area contributed by atoms with E-state index in [1.165, 1.54) is 39.4 Å². The number of carbonyl (C=O) groups excluding carboxylic acids is 6. The zero-order valence-corrected chi connectivity index (χ0v) is 28.4. The van der Waals surface area contributed by atoms with Gasteiger partial charge in [-0.1, -0.05) is 55.9 Å². The summed E-state index contributed by atoms with van der Waals surface area (Å²) >= 11 is 0. The zero-order chi connectivity index (χ0) is 36.2. The van der Waals surface area contributed by atoms with E-state index in [9.17, 15) is 33.9 Å². The molecule has 13 heteroatoms. The maximum atomic E-state index is 13.8. The highest BCUT2D eigenvalue weighted by atomic mass is 16.7. The number of ketones is 3. The van der Waals surface area contributed by atoms with Crippen LogP contribution >= 0.6 is 0 Å². The Hall–Kier alpha value is -4.98. The predicted molar refractivity (Wildman–Crippen MR) is 178 cm³/mol. The number of Topliss-reactive ketones (excluding diaryl/α,β-unsaturated/α-hetero) is 2. The first-order valence-electron chi connectivity index (χ1n) is 15.7. The van der Waals surface area contributed by atoms with E-state index in [1.807, 2.05) is 0 Å². The second-order valence-corrected chi connectivity index (χ2v) is 12.1. The first-order chi connectivity index (χ1) is 23.3. The van der Waals surface area contributed by atoms with Gasteiger partial charge < -0.3 is 30.1 Å². The molecule has 1 aromatic carbocycles. The van der Waals surface area contributed by atoms with E-state index in [4.69, 9.17) is 14.3 Å². The predicted octanol–water partition coefficient (Wildman–Crippen LogP) is 2.62. The fraction of sp³-hybridized carbons (Fsp3) is 0.389. The summed E-state index contributed by atoms with van der Waals surface area (Å²) < 4.78 is 11.2. The molecule has 49 heavy (non-hydrogen) atoms. The molecule has 1 heterocycles. The lowest BCUT2D eigenvalue weighted by molar-refractivity contribution is -0.138. The van der Waals surface area contributed by atoms with Crippen molar-refractivity contribution in [2.75, 3.05) is 14.2 Å². The van der Waals surface area contributed by atoms with E-state index in [2.05, 4.69) is 16.1 Å². The van der Waals surface area contributed by atoms with Gasteiger partial charge in [0.2, 0.25) is 17.5 Å². The van der Waals surface area contributed by atoms with E-state index < -0.39 is 53.5 Å². The minimum atomic E-state index is -0.893. The Balaban J connectivity index is 2.05. The average molecular weight is 678 g/mol. The van der Waals surface area contributed by atoms with Gasteiger partial charge in [0.05, 0.1) is 30.0 Å². The Morgan fingerprint density at radius 1 is 1.06 bits per heavy atom. The Labute approximate surface area is 285 Å². The summed E-state index contributed by atoms with van der Waals surface area (Å²) in [5, 5.41) is 14.7. The number of methoxy groups -OCH3 is 2. The highest BCUT2D eigenvalue weighted by Gasteiger charge is 2.33. The molecule has 0 saturated carbocycles. The third kappa shape index (κ3) is 10.5. The van der Waals surface area contributed by atoms with Crippen molar-refractivity contribution in [2.45, 2.75) is 65.2 Å². The van der Waals surface area contributed by atoms with E-state index in [1.54, 1.807) is 51.1 Å². The molecule has 1 aromatic rings. The lowest BCUT2D eigenvalue weighted by Gasteiger charge is -2.26. The van der Waals surface area contributed by atoms with Crippen LogP contribution in [-0.2, 0) is 49.5 Å². The highest BCUT2D eigenvalue weighted by Crippen LogP contribution is 2.28. The van der Waals surface area contributed by atoms with Crippen LogP contribution in [0, 0.1) is 11.8 Å². The highest BCUT2D eigenvalue weighted by molar-refractivity contribution is 6.24. The van der Waals surface area contributed by atoms with Crippen molar-refractivity contribution in [1.29, 1.82) is 0 Å². The molecule has 0 unspecified atom stereocenters. The van der Waals surface area contributed by atoms with Crippen LogP contribution in [0.15, 0.2) is 82.8 Å². The van der Waals surface area contributed by atoms with Gasteiger partial charge in [0.15, 0.2) is 5.78 Å². The number of amides is 2. The summed E-state index contributed by atoms with van der Waals surface area (Å²) in [5.74, 6) is -3.82. The molecule has 0 fully saturated rings. The number of carbonyl (C=O) groups is 6. The van der Waals surface area contributed by atoms with Crippen LogP contribution in [0.1, 0.15) is 46.1 Å². The van der Waals surface area contributed by atoms with Crippen molar-refractivity contribution in [2.24, 2.45) is 11.8 Å². The Kier molecular flexibility index (Phi) is 14.1. The average Bonchev–Trinajstić information content (AvgIpc) is 3.06. The van der Waals surface area contributed by atoms with Crippen LogP contribution in [0.25, 0.3) is 0 Å². The molecule has 13 nitrogen and oxygen atoms in total. The second-order valence-electron chi connectivity index (χ2n) is 12.1. The zero-order valence-electron chi connectivity index (χ0n) is 28.4. The first kappa shape index (κ1) is 38.5. The van der Waals surface area contributed by atoms with Crippen molar-refractivity contribution < 1.29 is 48.2 Å². The number of ether oxygens (including phenoxy) is 2. The quantitative estimate of drug-likeness (QED) is 0.137. The molecule has 2 aliphatic rings. The van der Waals surface area contributed by atoms with Crippen molar-refractivity contribution >= 4 is 35.6 Å². The number of nitrogens with one attached hydrogen (secondary N) is 3. The van der Waals surface area contributed by atoms with Gasteiger partial charge in [0.1, 0.15) is 11.9 Å². The number of hydrogen-bond donors (Lipinski definition) is 4. The van der Waals surface area contributed by atoms with Crippen molar-refractivity contribution in [3.8, 4) is 5.75 Å². The molecule has 0 saturated heterocycles. The molecule has 2 amide bonds. The number of hydroxylamine groups is 1. The summed E-state index contributed by atoms with van der Waals surface area (Å²) in [5.41, 5.74) is 3.52. The Morgan fingerprint density at radius 2 is 1.76 bits per heavy atom. The Bertz CT molecular complexity index is 1600. The van der Waals surface area contributed by atoms with E-state index in [-0.39, 0.29) is 59.8 Å². The number of rotatable bonds is 8. The van der Waals surface area contributed by atoms with Gasteiger partial charge in [0, 0.05) is 37.4 Å². The molecule has 1 aliphatic heterocycles. The lowest BCUT2D eigenvalue weighted by atomic mass is 9.85. The van der Waals surface area contributed by atoms with Crippen LogP contribution in [-0.4, -0.2) is 73.2 Å². The van der Waals surface area contributed by atoms with Gasteiger partial charge in [-0.25, -0.2) is 0 Å². The molecule has 4 N–H and O–H groups in total. The van der Waals surface area contributed by atoms with E-state index in [0.717, 1.165) is 6.08 Å².